The van der Waals surface area contributed by atoms with Crippen LogP contribution in [0.5, 0.6) is 0 Å². The molecule has 0 radical (unpaired) electrons. The Labute approximate surface area is 237 Å². The number of sulfonamides is 1. The number of carbonyl (C=O) groups excluding carboxylic acids is 1. The van der Waals surface area contributed by atoms with Gasteiger partial charge < -0.3 is 10.3 Å². The van der Waals surface area contributed by atoms with E-state index in [0.29, 0.717) is 35.2 Å². The summed E-state index contributed by atoms with van der Waals surface area (Å²) in [5, 5.41) is 3.42. The van der Waals surface area contributed by atoms with E-state index in [1.165, 1.54) is 18.2 Å². The van der Waals surface area contributed by atoms with Crippen molar-refractivity contribution in [2.45, 2.75) is 47.8 Å². The van der Waals surface area contributed by atoms with Crippen LogP contribution in [0.3, 0.4) is 0 Å². The number of nitrogens with one attached hydrogen (secondary N) is 3. The van der Waals surface area contributed by atoms with Crippen molar-refractivity contribution in [3.05, 3.63) is 88.3 Å². The summed E-state index contributed by atoms with van der Waals surface area (Å²) >= 11 is 6.17. The number of halogens is 2. The van der Waals surface area contributed by atoms with Crippen molar-refractivity contribution in [2.75, 3.05) is 13.1 Å². The molecule has 3 N–H and O–H groups in total. The van der Waals surface area contributed by atoms with Crippen LogP contribution in [-0.2, 0) is 19.9 Å². The fourth-order valence-corrected chi connectivity index (χ4v) is 7.44. The van der Waals surface area contributed by atoms with Gasteiger partial charge in [0.15, 0.2) is 0 Å². The van der Waals surface area contributed by atoms with Gasteiger partial charge in [0.2, 0.25) is 19.9 Å². The van der Waals surface area contributed by atoms with E-state index in [-0.39, 0.29) is 33.5 Å². The summed E-state index contributed by atoms with van der Waals surface area (Å²) in [7, 11) is -7.82. The largest absolute Gasteiger partial charge is 0.351 e. The Bertz CT molecular complexity index is 1750. The molecule has 0 aliphatic heterocycles. The van der Waals surface area contributed by atoms with Gasteiger partial charge in [-0.05, 0) is 92.4 Å². The lowest BCUT2D eigenvalue weighted by Crippen LogP contribution is -2.27. The van der Waals surface area contributed by atoms with Gasteiger partial charge in [0.05, 0.1) is 9.79 Å². The second kappa shape index (κ2) is 12.1. The smallest absolute Gasteiger partial charge is 0.269 e. The molecule has 4 aromatic rings. The highest BCUT2D eigenvalue weighted by atomic mass is 35.5. The molecule has 3 aromatic carbocycles. The molecule has 1 amide bonds. The quantitative estimate of drug-likeness (QED) is 0.200. The maximum Gasteiger partial charge on any atom is 0.269 e. The Morgan fingerprint density at radius 2 is 1.50 bits per heavy atom. The molecule has 8 nitrogen and oxygen atoms in total. The molecule has 212 valence electrons. The number of carbonyl (C=O) groups is 1. The van der Waals surface area contributed by atoms with E-state index in [1.807, 2.05) is 6.07 Å². The normalized spacial score (nSPS) is 12.1. The van der Waals surface area contributed by atoms with Crippen molar-refractivity contribution >= 4 is 48.3 Å². The van der Waals surface area contributed by atoms with Gasteiger partial charge in [-0.3, -0.25) is 4.79 Å². The molecule has 0 spiro atoms. The van der Waals surface area contributed by atoms with E-state index in [0.717, 1.165) is 23.3 Å². The second-order valence-corrected chi connectivity index (χ2v) is 13.6. The molecule has 0 saturated heterocycles. The molecule has 0 unspecified atom stereocenters. The van der Waals surface area contributed by atoms with Gasteiger partial charge in [0, 0.05) is 29.0 Å². The summed E-state index contributed by atoms with van der Waals surface area (Å²) in [5.74, 6) is -1.10. The number of unbranched alkanes of at least 4 members (excludes halogenated alkanes) is 2. The van der Waals surface area contributed by atoms with Crippen LogP contribution in [0.4, 0.5) is 4.39 Å². The van der Waals surface area contributed by atoms with E-state index in [4.69, 9.17) is 11.6 Å². The van der Waals surface area contributed by atoms with Crippen LogP contribution in [0.2, 0.25) is 5.02 Å². The fraction of sp³-hybridized carbons (Fsp3) is 0.250. The van der Waals surface area contributed by atoms with Crippen molar-refractivity contribution in [3.8, 4) is 0 Å². The number of hydrogen-bond donors (Lipinski definition) is 3. The molecule has 0 aliphatic carbocycles. The predicted octanol–water partition coefficient (Wildman–Crippen LogP) is 5.29. The van der Waals surface area contributed by atoms with E-state index >= 15 is 0 Å². The maximum absolute atomic E-state index is 13.8. The van der Waals surface area contributed by atoms with Gasteiger partial charge in [-0.15, -0.1) is 0 Å². The molecule has 4 rings (SSSR count). The number of hydrogen-bond acceptors (Lipinski definition) is 5. The molecule has 0 fully saturated rings. The Hall–Kier alpha value is -3.25. The first-order valence-corrected chi connectivity index (χ1v) is 15.9. The number of sulfone groups is 1. The molecular formula is C28H29ClFN3O5S2. The summed E-state index contributed by atoms with van der Waals surface area (Å²) in [6.07, 6.45) is 1.64. The van der Waals surface area contributed by atoms with Gasteiger partial charge in [-0.2, -0.15) is 0 Å². The summed E-state index contributed by atoms with van der Waals surface area (Å²) in [5.41, 5.74) is 1.94. The SMILES string of the molecule is Cc1cc(C)cc(S(=O)(=O)c2c(C(=O)NCCCCCNS(=O)(=O)c3ccc(F)cc3)[nH]c3ccc(Cl)cc23)c1. The van der Waals surface area contributed by atoms with Gasteiger partial charge in [0.1, 0.15) is 16.4 Å². The lowest BCUT2D eigenvalue weighted by molar-refractivity contribution is 0.0945. The molecule has 12 heteroatoms. The zero-order valence-electron chi connectivity index (χ0n) is 21.9. The fourth-order valence-electron chi connectivity index (χ4n) is 4.41. The van der Waals surface area contributed by atoms with E-state index in [9.17, 15) is 26.0 Å². The molecule has 0 atom stereocenters. The monoisotopic (exact) mass is 605 g/mol. The summed E-state index contributed by atoms with van der Waals surface area (Å²) in [6.45, 7) is 4.04. The molecule has 0 aliphatic rings. The van der Waals surface area contributed by atoms with Crippen LogP contribution in [-0.4, -0.2) is 40.8 Å². The average Bonchev–Trinajstić information content (AvgIpc) is 3.27. The number of H-pyrrole nitrogens is 1. The van der Waals surface area contributed by atoms with Gasteiger partial charge >= 0.3 is 0 Å². The summed E-state index contributed by atoms with van der Waals surface area (Å²) in [4.78, 5) is 16.0. The van der Waals surface area contributed by atoms with Crippen molar-refractivity contribution in [3.63, 3.8) is 0 Å². The lowest BCUT2D eigenvalue weighted by atomic mass is 10.2. The van der Waals surface area contributed by atoms with Crippen molar-refractivity contribution < 1.29 is 26.0 Å². The topological polar surface area (TPSA) is 125 Å². The van der Waals surface area contributed by atoms with E-state index in [1.54, 1.807) is 38.1 Å². The standard InChI is InChI=1S/C28H29ClFN3O5S2/c1-18-14-19(2)16-23(15-18)39(35,36)27-24-17-20(29)6-11-25(24)33-26(27)28(34)31-12-4-3-5-13-32-40(37,38)22-9-7-21(30)8-10-22/h6-11,14-17,32-33H,3-5,12-13H2,1-2H3,(H,31,34). The van der Waals surface area contributed by atoms with Gasteiger partial charge in [0.25, 0.3) is 5.91 Å². The molecule has 0 saturated carbocycles. The highest BCUT2D eigenvalue weighted by molar-refractivity contribution is 7.91. The van der Waals surface area contributed by atoms with Crippen LogP contribution < -0.4 is 10.0 Å². The van der Waals surface area contributed by atoms with Gasteiger partial charge in [-0.1, -0.05) is 24.1 Å². The minimum Gasteiger partial charge on any atom is -0.351 e. The van der Waals surface area contributed by atoms with Crippen LogP contribution in [0, 0.1) is 19.7 Å². The average molecular weight is 606 g/mol. The van der Waals surface area contributed by atoms with Crippen LogP contribution in [0.1, 0.15) is 40.9 Å². The number of rotatable bonds is 11. The Morgan fingerprint density at radius 3 is 2.17 bits per heavy atom. The first-order valence-electron chi connectivity index (χ1n) is 12.6. The third kappa shape index (κ3) is 6.72. The summed E-state index contributed by atoms with van der Waals surface area (Å²) in [6, 6.07) is 14.3. The third-order valence-corrected chi connectivity index (χ3v) is 9.80. The number of aromatic nitrogens is 1. The molecule has 40 heavy (non-hydrogen) atoms. The molecule has 1 aromatic heterocycles. The van der Waals surface area contributed by atoms with Gasteiger partial charge in [-0.25, -0.2) is 25.9 Å². The van der Waals surface area contributed by atoms with Crippen LogP contribution in [0.15, 0.2) is 75.4 Å². The molecule has 1 heterocycles. The highest BCUT2D eigenvalue weighted by Gasteiger charge is 2.30. The first-order chi connectivity index (χ1) is 18.9. The van der Waals surface area contributed by atoms with Crippen molar-refractivity contribution in [2.24, 2.45) is 0 Å². The summed E-state index contributed by atoms with van der Waals surface area (Å²) < 4.78 is 67.6. The lowest BCUT2D eigenvalue weighted by Gasteiger charge is -2.10. The van der Waals surface area contributed by atoms with Crippen molar-refractivity contribution in [1.29, 1.82) is 0 Å². The first kappa shape index (κ1) is 29.7. The Morgan fingerprint density at radius 1 is 0.850 bits per heavy atom. The predicted molar refractivity (Wildman–Crippen MR) is 152 cm³/mol. The maximum atomic E-state index is 13.8. The van der Waals surface area contributed by atoms with Crippen molar-refractivity contribution in [1.82, 2.24) is 15.0 Å². The number of amides is 1. The number of fused-ring (bicyclic) bond motifs is 1. The van der Waals surface area contributed by atoms with Crippen LogP contribution >= 0.6 is 11.6 Å². The number of benzene rings is 3. The zero-order valence-corrected chi connectivity index (χ0v) is 24.3. The third-order valence-electron chi connectivity index (χ3n) is 6.27. The highest BCUT2D eigenvalue weighted by Crippen LogP contribution is 2.34. The Balaban J connectivity index is 1.42. The second-order valence-electron chi connectivity index (χ2n) is 9.51. The van der Waals surface area contributed by atoms with Crippen LogP contribution in [0.25, 0.3) is 10.9 Å². The number of aromatic amines is 1. The minimum atomic E-state index is -4.08. The zero-order chi connectivity index (χ0) is 29.1. The van der Waals surface area contributed by atoms with E-state index in [2.05, 4.69) is 15.0 Å². The molecule has 0 bridgehead atoms. The number of aryl methyl sites for hydroxylation is 2. The minimum absolute atomic E-state index is 0.0210. The molecular weight excluding hydrogens is 577 g/mol. The Kier molecular flexibility index (Phi) is 8.99. The van der Waals surface area contributed by atoms with E-state index < -0.39 is 31.6 Å².